The zero-order valence-electron chi connectivity index (χ0n) is 11.7. The molecule has 0 saturated heterocycles. The summed E-state index contributed by atoms with van der Waals surface area (Å²) in [5.74, 6) is 0.756. The molecule has 2 aromatic rings. The van der Waals surface area contributed by atoms with Crippen molar-refractivity contribution in [3.63, 3.8) is 0 Å². The molecule has 0 fully saturated rings. The van der Waals surface area contributed by atoms with E-state index in [-0.39, 0.29) is 0 Å². The van der Waals surface area contributed by atoms with E-state index in [2.05, 4.69) is 24.2 Å². The molecule has 1 aromatic carbocycles. The lowest BCUT2D eigenvalue weighted by Crippen LogP contribution is -2.00. The van der Waals surface area contributed by atoms with Crippen molar-refractivity contribution >= 4 is 12.2 Å². The fourth-order valence-corrected chi connectivity index (χ4v) is 1.90. The normalized spacial score (nSPS) is 9.67. The number of benzene rings is 1. The fourth-order valence-electron chi connectivity index (χ4n) is 1.90. The Morgan fingerprint density at radius 1 is 1.10 bits per heavy atom. The van der Waals surface area contributed by atoms with Crippen LogP contribution >= 0.6 is 0 Å². The predicted molar refractivity (Wildman–Crippen MR) is 84.5 cm³/mol. The van der Waals surface area contributed by atoms with Crippen LogP contribution in [0.4, 0.5) is 0 Å². The van der Waals surface area contributed by atoms with E-state index in [9.17, 15) is 0 Å². The summed E-state index contributed by atoms with van der Waals surface area (Å²) < 4.78 is 5.69. The number of ether oxygens (including phenoxy) is 1. The van der Waals surface area contributed by atoms with Gasteiger partial charge in [-0.15, -0.1) is 0 Å². The fraction of sp³-hybridized carbons (Fsp3) is 0.111. The van der Waals surface area contributed by atoms with Gasteiger partial charge in [-0.25, -0.2) is 4.98 Å². The smallest absolute Gasteiger partial charge is 0.130 e. The summed E-state index contributed by atoms with van der Waals surface area (Å²) >= 11 is 0. The third-order valence-electron chi connectivity index (χ3n) is 3.02. The zero-order chi connectivity index (χ0) is 15.1. The van der Waals surface area contributed by atoms with Crippen LogP contribution in [0.5, 0.6) is 5.75 Å². The van der Waals surface area contributed by atoms with Crippen molar-refractivity contribution in [3.8, 4) is 11.8 Å². The molecule has 104 valence electrons. The van der Waals surface area contributed by atoms with Crippen molar-refractivity contribution in [1.82, 2.24) is 4.98 Å². The minimum absolute atomic E-state index is 0.385. The third kappa shape index (κ3) is 3.80. The molecule has 0 aliphatic rings. The van der Waals surface area contributed by atoms with E-state index in [4.69, 9.17) is 10.00 Å². The van der Waals surface area contributed by atoms with E-state index in [1.807, 2.05) is 36.4 Å². The average Bonchev–Trinajstić information content (AvgIpc) is 2.54. The quantitative estimate of drug-likeness (QED) is 0.800. The van der Waals surface area contributed by atoms with Crippen LogP contribution in [0.3, 0.4) is 0 Å². The summed E-state index contributed by atoms with van der Waals surface area (Å²) in [6.45, 7) is 7.88. The molecule has 0 unspecified atom stereocenters. The second kappa shape index (κ2) is 7.06. The molecule has 3 heteroatoms. The highest BCUT2D eigenvalue weighted by Gasteiger charge is 2.02. The van der Waals surface area contributed by atoms with Gasteiger partial charge in [-0.05, 0) is 35.4 Å². The van der Waals surface area contributed by atoms with Crippen molar-refractivity contribution in [3.05, 3.63) is 72.1 Å². The molecular weight excluding hydrogens is 260 g/mol. The highest BCUT2D eigenvalue weighted by molar-refractivity contribution is 5.60. The van der Waals surface area contributed by atoms with Crippen LogP contribution in [0.2, 0.25) is 0 Å². The molecule has 0 radical (unpaired) electrons. The lowest BCUT2D eigenvalue weighted by Gasteiger charge is -2.08. The Labute approximate surface area is 124 Å². The van der Waals surface area contributed by atoms with Gasteiger partial charge in [0.05, 0.1) is 23.9 Å². The number of aromatic nitrogens is 1. The lowest BCUT2D eigenvalue weighted by atomic mass is 10.1. The van der Waals surface area contributed by atoms with Gasteiger partial charge in [0.1, 0.15) is 12.4 Å². The number of nitriles is 1. The average molecular weight is 276 g/mol. The number of rotatable bonds is 6. The molecule has 0 aliphatic heterocycles. The number of nitrogens with zero attached hydrogens (tertiary/aromatic N) is 2. The molecule has 0 bridgehead atoms. The molecule has 21 heavy (non-hydrogen) atoms. The molecule has 0 atom stereocenters. The van der Waals surface area contributed by atoms with Crippen molar-refractivity contribution in [1.29, 1.82) is 5.26 Å². The third-order valence-corrected chi connectivity index (χ3v) is 3.02. The summed E-state index contributed by atoms with van der Waals surface area (Å²) in [6, 6.07) is 13.5. The van der Waals surface area contributed by atoms with Gasteiger partial charge in [-0.3, -0.25) is 0 Å². The Balaban J connectivity index is 2.04. The molecule has 2 rings (SSSR count). The Bertz CT molecular complexity index is 681. The van der Waals surface area contributed by atoms with E-state index < -0.39 is 0 Å². The zero-order valence-corrected chi connectivity index (χ0v) is 11.7. The largest absolute Gasteiger partial charge is 0.487 e. The van der Waals surface area contributed by atoms with Crippen LogP contribution in [0.15, 0.2) is 49.6 Å². The molecular formula is C18H16N2O. The topological polar surface area (TPSA) is 45.9 Å². The molecule has 3 nitrogen and oxygen atoms in total. The van der Waals surface area contributed by atoms with Crippen molar-refractivity contribution in [2.45, 2.75) is 13.0 Å². The maximum atomic E-state index is 8.63. The van der Waals surface area contributed by atoms with E-state index in [0.717, 1.165) is 28.3 Å². The molecule has 0 spiro atoms. The van der Waals surface area contributed by atoms with Gasteiger partial charge in [0.15, 0.2) is 0 Å². The van der Waals surface area contributed by atoms with Crippen molar-refractivity contribution < 1.29 is 4.74 Å². The molecule has 0 aliphatic carbocycles. The van der Waals surface area contributed by atoms with Gasteiger partial charge in [-0.1, -0.05) is 37.4 Å². The molecule has 1 aromatic heterocycles. The van der Waals surface area contributed by atoms with Gasteiger partial charge in [0.2, 0.25) is 0 Å². The maximum Gasteiger partial charge on any atom is 0.130 e. The van der Waals surface area contributed by atoms with Gasteiger partial charge >= 0.3 is 0 Å². The lowest BCUT2D eigenvalue weighted by molar-refractivity contribution is 0.301. The first-order valence-electron chi connectivity index (χ1n) is 6.60. The van der Waals surface area contributed by atoms with Gasteiger partial charge in [0, 0.05) is 0 Å². The Kier molecular flexibility index (Phi) is 4.89. The first kappa shape index (κ1) is 14.5. The summed E-state index contributed by atoms with van der Waals surface area (Å²) in [4.78, 5) is 4.47. The Hall–Kier alpha value is -2.86. The van der Waals surface area contributed by atoms with E-state index >= 15 is 0 Å². The van der Waals surface area contributed by atoms with E-state index in [1.165, 1.54) is 0 Å². The highest BCUT2D eigenvalue weighted by atomic mass is 16.5. The van der Waals surface area contributed by atoms with Crippen molar-refractivity contribution in [2.24, 2.45) is 0 Å². The highest BCUT2D eigenvalue weighted by Crippen LogP contribution is 2.15. The van der Waals surface area contributed by atoms with Crippen LogP contribution in [0.1, 0.15) is 22.5 Å². The Morgan fingerprint density at radius 3 is 2.48 bits per heavy atom. The second-order valence-electron chi connectivity index (χ2n) is 4.45. The van der Waals surface area contributed by atoms with E-state index in [1.54, 1.807) is 12.2 Å². The minimum Gasteiger partial charge on any atom is -0.487 e. The first-order valence-corrected chi connectivity index (χ1v) is 6.60. The number of pyridine rings is 1. The first-order chi connectivity index (χ1) is 10.3. The van der Waals surface area contributed by atoms with Crippen LogP contribution < -0.4 is 4.74 Å². The summed E-state index contributed by atoms with van der Waals surface area (Å²) in [5, 5.41) is 8.63. The number of hydrogen-bond acceptors (Lipinski definition) is 3. The van der Waals surface area contributed by atoms with Gasteiger partial charge in [0.25, 0.3) is 0 Å². The molecule has 0 N–H and O–H groups in total. The van der Waals surface area contributed by atoms with Crippen LogP contribution in [-0.2, 0) is 13.0 Å². The summed E-state index contributed by atoms with van der Waals surface area (Å²) in [6.07, 6.45) is 3.87. The predicted octanol–water partition coefficient (Wildman–Crippen LogP) is 4.01. The minimum atomic E-state index is 0.385. The summed E-state index contributed by atoms with van der Waals surface area (Å²) in [5.41, 5.74) is 3.56. The van der Waals surface area contributed by atoms with E-state index in [0.29, 0.717) is 13.0 Å². The SMILES string of the molecule is C=Cc1ccc(COc2ccc(CC#N)cc2)nc1C=C. The van der Waals surface area contributed by atoms with Crippen molar-refractivity contribution in [2.75, 3.05) is 0 Å². The summed E-state index contributed by atoms with van der Waals surface area (Å²) in [7, 11) is 0. The van der Waals surface area contributed by atoms with Crippen LogP contribution in [-0.4, -0.2) is 4.98 Å². The Morgan fingerprint density at radius 2 is 1.86 bits per heavy atom. The molecule has 1 heterocycles. The standard InChI is InChI=1S/C18H16N2O/c1-3-15-7-8-16(20-18(15)4-2)13-21-17-9-5-14(6-10-17)11-12-19/h3-10H,1-2,11,13H2. The van der Waals surface area contributed by atoms with Crippen LogP contribution in [0, 0.1) is 11.3 Å². The molecule has 0 amide bonds. The second-order valence-corrected chi connectivity index (χ2v) is 4.45. The number of hydrogen-bond donors (Lipinski definition) is 0. The monoisotopic (exact) mass is 276 g/mol. The van der Waals surface area contributed by atoms with Gasteiger partial charge in [-0.2, -0.15) is 5.26 Å². The van der Waals surface area contributed by atoms with Gasteiger partial charge < -0.3 is 4.74 Å². The maximum absolute atomic E-state index is 8.63. The van der Waals surface area contributed by atoms with Crippen LogP contribution in [0.25, 0.3) is 12.2 Å². The molecule has 0 saturated carbocycles.